The number of aliphatic imine (C=N–C) groups is 1. The van der Waals surface area contributed by atoms with Crippen LogP contribution in [0.15, 0.2) is 27.8 Å². The van der Waals surface area contributed by atoms with Crippen molar-refractivity contribution in [3.63, 3.8) is 0 Å². The first-order valence-corrected chi connectivity index (χ1v) is 9.85. The van der Waals surface area contributed by atoms with Crippen LogP contribution in [0.3, 0.4) is 0 Å². The number of aryl methyl sites for hydroxylation is 1. The molecular weight excluding hydrogens is 359 g/mol. The highest BCUT2D eigenvalue weighted by Crippen LogP contribution is 2.47. The summed E-state index contributed by atoms with van der Waals surface area (Å²) in [5.74, 6) is 0.222. The summed E-state index contributed by atoms with van der Waals surface area (Å²) in [7, 11) is 0. The Hall–Kier alpha value is -2.25. The molecule has 1 fully saturated rings. The highest BCUT2D eigenvalue weighted by molar-refractivity contribution is 5.76. The van der Waals surface area contributed by atoms with E-state index in [4.69, 9.17) is 9.15 Å². The zero-order chi connectivity index (χ0) is 19.5. The fourth-order valence-electron chi connectivity index (χ4n) is 5.23. The van der Waals surface area contributed by atoms with Gasteiger partial charge in [0.2, 0.25) is 5.89 Å². The summed E-state index contributed by atoms with van der Waals surface area (Å²) in [6.45, 7) is 8.07. The molecule has 4 atom stereocenters. The number of ether oxygens (including phenoxy) is 1. The van der Waals surface area contributed by atoms with Gasteiger partial charge in [0.05, 0.1) is 36.3 Å². The number of nitrogens with one attached hydrogen (secondary N) is 1. The Morgan fingerprint density at radius 1 is 1.32 bits per heavy atom. The molecule has 5 rings (SSSR count). The third-order valence-electron chi connectivity index (χ3n) is 6.09. The van der Waals surface area contributed by atoms with Gasteiger partial charge in [-0.05, 0) is 44.9 Å². The molecule has 1 saturated heterocycles. The lowest BCUT2D eigenvalue weighted by Gasteiger charge is -2.56. The second-order valence-corrected chi connectivity index (χ2v) is 8.32. The molecule has 3 aliphatic rings. The minimum absolute atomic E-state index is 0.0169. The second kappa shape index (κ2) is 6.39. The standard InChI is InChI=1S/C21H25FN4O2/c1-12-8-27-20(25-12)15-4-16-6-21(9-23-11-24-10-21)19-14(3)28-13(2)7-26(19)18(16)17(22)5-15/h4-5,8-9,13-14,19,24H,6-7,10-11H2,1-3H3/t13-,14+,19-,21?/m1/s1. The number of rotatable bonds is 1. The molecule has 4 heterocycles. The minimum Gasteiger partial charge on any atom is -0.444 e. The van der Waals surface area contributed by atoms with Crippen LogP contribution in [0, 0.1) is 18.2 Å². The van der Waals surface area contributed by atoms with Gasteiger partial charge in [-0.25, -0.2) is 9.37 Å². The largest absolute Gasteiger partial charge is 0.444 e. The summed E-state index contributed by atoms with van der Waals surface area (Å²) in [4.78, 5) is 11.1. The first kappa shape index (κ1) is 17.8. The zero-order valence-electron chi connectivity index (χ0n) is 16.4. The Bertz CT molecular complexity index is 942. The van der Waals surface area contributed by atoms with Gasteiger partial charge in [-0.15, -0.1) is 0 Å². The number of fused-ring (bicyclic) bond motifs is 4. The predicted octanol–water partition coefficient (Wildman–Crippen LogP) is 2.95. The van der Waals surface area contributed by atoms with Gasteiger partial charge < -0.3 is 14.1 Å². The molecule has 2 aromatic rings. The number of oxazole rings is 1. The van der Waals surface area contributed by atoms with Crippen LogP contribution >= 0.6 is 0 Å². The predicted molar refractivity (Wildman–Crippen MR) is 105 cm³/mol. The van der Waals surface area contributed by atoms with Crippen molar-refractivity contribution in [2.24, 2.45) is 10.4 Å². The SMILES string of the molecule is Cc1coc(-c2cc(F)c3c(c2)CC2(C=NCNC2)[C@H]2[C@H](C)O[C@H](C)CN32)n1. The van der Waals surface area contributed by atoms with Gasteiger partial charge in [0, 0.05) is 30.3 Å². The summed E-state index contributed by atoms with van der Waals surface area (Å²) in [5, 5.41) is 3.40. The van der Waals surface area contributed by atoms with Crippen LogP contribution < -0.4 is 10.2 Å². The van der Waals surface area contributed by atoms with Gasteiger partial charge in [-0.2, -0.15) is 0 Å². The molecule has 0 amide bonds. The topological polar surface area (TPSA) is 62.9 Å². The van der Waals surface area contributed by atoms with E-state index in [1.54, 1.807) is 6.26 Å². The van der Waals surface area contributed by atoms with Crippen molar-refractivity contribution in [1.29, 1.82) is 0 Å². The van der Waals surface area contributed by atoms with E-state index in [1.165, 1.54) is 6.07 Å². The number of nitrogens with zero attached hydrogens (tertiary/aromatic N) is 3. The van der Waals surface area contributed by atoms with Crippen LogP contribution in [0.25, 0.3) is 11.5 Å². The molecule has 1 aromatic carbocycles. The van der Waals surface area contributed by atoms with Gasteiger partial charge in [0.1, 0.15) is 12.1 Å². The third-order valence-corrected chi connectivity index (χ3v) is 6.09. The Morgan fingerprint density at radius 3 is 2.89 bits per heavy atom. The number of hydrogen-bond donors (Lipinski definition) is 1. The number of anilines is 1. The molecule has 6 nitrogen and oxygen atoms in total. The molecule has 0 aliphatic carbocycles. The number of aromatic nitrogens is 1. The summed E-state index contributed by atoms with van der Waals surface area (Å²) < 4.78 is 27.1. The Morgan fingerprint density at radius 2 is 2.18 bits per heavy atom. The molecule has 1 unspecified atom stereocenters. The molecule has 28 heavy (non-hydrogen) atoms. The lowest BCUT2D eigenvalue weighted by molar-refractivity contribution is -0.0523. The molecule has 1 spiro atoms. The highest BCUT2D eigenvalue weighted by atomic mass is 19.1. The van der Waals surface area contributed by atoms with Crippen molar-refractivity contribution in [1.82, 2.24) is 10.3 Å². The second-order valence-electron chi connectivity index (χ2n) is 8.32. The number of benzene rings is 1. The smallest absolute Gasteiger partial charge is 0.226 e. The van der Waals surface area contributed by atoms with E-state index in [2.05, 4.69) is 33.3 Å². The van der Waals surface area contributed by atoms with E-state index < -0.39 is 0 Å². The van der Waals surface area contributed by atoms with Gasteiger partial charge >= 0.3 is 0 Å². The molecule has 1 aromatic heterocycles. The van der Waals surface area contributed by atoms with Gasteiger partial charge in [-0.3, -0.25) is 10.3 Å². The first-order chi connectivity index (χ1) is 13.5. The van der Waals surface area contributed by atoms with Crippen LogP contribution in [-0.4, -0.2) is 49.2 Å². The van der Waals surface area contributed by atoms with Crippen molar-refractivity contribution >= 4 is 11.9 Å². The van der Waals surface area contributed by atoms with E-state index in [9.17, 15) is 0 Å². The van der Waals surface area contributed by atoms with Crippen LogP contribution in [0.2, 0.25) is 0 Å². The Kier molecular flexibility index (Phi) is 4.07. The average Bonchev–Trinajstić information content (AvgIpc) is 3.07. The van der Waals surface area contributed by atoms with Gasteiger partial charge in [0.15, 0.2) is 0 Å². The van der Waals surface area contributed by atoms with Crippen molar-refractivity contribution in [3.05, 3.63) is 35.5 Å². The lowest BCUT2D eigenvalue weighted by Crippen LogP contribution is -2.67. The maximum Gasteiger partial charge on any atom is 0.226 e. The Labute approximate surface area is 163 Å². The van der Waals surface area contributed by atoms with E-state index in [-0.39, 0.29) is 29.5 Å². The fourth-order valence-corrected chi connectivity index (χ4v) is 5.23. The monoisotopic (exact) mass is 384 g/mol. The quantitative estimate of drug-likeness (QED) is 0.819. The molecule has 0 bridgehead atoms. The molecule has 0 radical (unpaired) electrons. The summed E-state index contributed by atoms with van der Waals surface area (Å²) in [6.07, 6.45) is 4.38. The van der Waals surface area contributed by atoms with Crippen LogP contribution in [0.4, 0.5) is 10.1 Å². The summed E-state index contributed by atoms with van der Waals surface area (Å²) in [5.41, 5.74) is 2.88. The Balaban J connectivity index is 1.67. The van der Waals surface area contributed by atoms with Crippen molar-refractivity contribution in [3.8, 4) is 11.5 Å². The first-order valence-electron chi connectivity index (χ1n) is 9.85. The minimum atomic E-state index is -0.234. The van der Waals surface area contributed by atoms with Gasteiger partial charge in [0.25, 0.3) is 0 Å². The zero-order valence-corrected chi connectivity index (χ0v) is 16.4. The molecular formula is C21H25FN4O2. The maximum atomic E-state index is 15.4. The van der Waals surface area contributed by atoms with Crippen molar-refractivity contribution in [2.45, 2.75) is 45.4 Å². The van der Waals surface area contributed by atoms with Crippen molar-refractivity contribution in [2.75, 3.05) is 24.7 Å². The number of hydrogen-bond acceptors (Lipinski definition) is 6. The van der Waals surface area contributed by atoms with E-state index in [0.717, 1.165) is 17.8 Å². The third kappa shape index (κ3) is 2.68. The normalized spacial score (nSPS) is 31.7. The van der Waals surface area contributed by atoms with Crippen molar-refractivity contribution < 1.29 is 13.5 Å². The average molecular weight is 384 g/mol. The van der Waals surface area contributed by atoms with E-state index in [1.807, 2.05) is 19.9 Å². The highest BCUT2D eigenvalue weighted by Gasteiger charge is 2.52. The van der Waals surface area contributed by atoms with Crippen LogP contribution in [0.1, 0.15) is 25.1 Å². The van der Waals surface area contributed by atoms with E-state index >= 15 is 4.39 Å². The molecule has 1 N–H and O–H groups in total. The molecule has 7 heteroatoms. The fraction of sp³-hybridized carbons (Fsp3) is 0.524. The van der Waals surface area contributed by atoms with E-state index in [0.29, 0.717) is 36.8 Å². The molecule has 3 aliphatic heterocycles. The summed E-state index contributed by atoms with van der Waals surface area (Å²) in [6, 6.07) is 3.60. The van der Waals surface area contributed by atoms with Crippen LogP contribution in [0.5, 0.6) is 0 Å². The number of morpholine rings is 1. The maximum absolute atomic E-state index is 15.4. The molecule has 148 valence electrons. The van der Waals surface area contributed by atoms with Crippen LogP contribution in [-0.2, 0) is 11.2 Å². The molecule has 0 saturated carbocycles. The lowest BCUT2D eigenvalue weighted by atomic mass is 9.68. The van der Waals surface area contributed by atoms with Gasteiger partial charge in [-0.1, -0.05) is 0 Å². The summed E-state index contributed by atoms with van der Waals surface area (Å²) >= 11 is 0. The number of halogens is 1.